The largest absolute Gasteiger partial charge is 0.467 e. The van der Waals surface area contributed by atoms with Crippen molar-refractivity contribution in [2.45, 2.75) is 38.9 Å². The Labute approximate surface area is 114 Å². The number of aliphatic hydroxyl groups excluding tert-OH is 1. The van der Waals surface area contributed by atoms with Crippen LogP contribution in [-0.4, -0.2) is 29.4 Å². The standard InChI is InChI=1S/C15H22O4/c1-10(2)9-11-5-7-12(8-6-11)15(3,18)13(16)14(17)19-4/h5-8,10,13,16,18H,9H2,1-4H3. The Morgan fingerprint density at radius 2 is 1.84 bits per heavy atom. The van der Waals surface area contributed by atoms with Crippen LogP contribution in [0.4, 0.5) is 0 Å². The van der Waals surface area contributed by atoms with Crippen molar-refractivity contribution in [1.82, 2.24) is 0 Å². The van der Waals surface area contributed by atoms with Gasteiger partial charge in [-0.25, -0.2) is 4.79 Å². The molecule has 1 rings (SSSR count). The van der Waals surface area contributed by atoms with Crippen LogP contribution in [0.3, 0.4) is 0 Å². The van der Waals surface area contributed by atoms with E-state index in [-0.39, 0.29) is 0 Å². The number of carbonyl (C=O) groups is 1. The highest BCUT2D eigenvalue weighted by Crippen LogP contribution is 2.26. The number of carbonyl (C=O) groups excluding carboxylic acids is 1. The lowest BCUT2D eigenvalue weighted by Crippen LogP contribution is -2.42. The first-order valence-electron chi connectivity index (χ1n) is 6.36. The molecule has 0 spiro atoms. The van der Waals surface area contributed by atoms with E-state index in [1.807, 2.05) is 12.1 Å². The normalized spacial score (nSPS) is 15.9. The van der Waals surface area contributed by atoms with Crippen LogP contribution in [-0.2, 0) is 21.6 Å². The van der Waals surface area contributed by atoms with Crippen LogP contribution in [0.2, 0.25) is 0 Å². The molecule has 1 aromatic rings. The maximum absolute atomic E-state index is 11.3. The second-order valence-electron chi connectivity index (χ2n) is 5.37. The number of esters is 1. The molecule has 0 saturated heterocycles. The summed E-state index contributed by atoms with van der Waals surface area (Å²) in [5.74, 6) is -0.303. The molecule has 0 aliphatic rings. The third-order valence-electron chi connectivity index (χ3n) is 3.14. The summed E-state index contributed by atoms with van der Waals surface area (Å²) >= 11 is 0. The Morgan fingerprint density at radius 1 is 1.32 bits per heavy atom. The predicted molar refractivity (Wildman–Crippen MR) is 72.6 cm³/mol. The summed E-state index contributed by atoms with van der Waals surface area (Å²) in [6.07, 6.45) is -0.657. The van der Waals surface area contributed by atoms with Crippen molar-refractivity contribution in [3.8, 4) is 0 Å². The molecule has 0 amide bonds. The van der Waals surface area contributed by atoms with Gasteiger partial charge in [-0.05, 0) is 30.4 Å². The minimum atomic E-state index is -1.66. The van der Waals surface area contributed by atoms with E-state index in [0.717, 1.165) is 12.0 Å². The molecule has 106 valence electrons. The van der Waals surface area contributed by atoms with Gasteiger partial charge in [0.05, 0.1) is 7.11 Å². The number of benzene rings is 1. The van der Waals surface area contributed by atoms with Crippen LogP contribution >= 0.6 is 0 Å². The minimum absolute atomic E-state index is 0.484. The molecule has 0 bridgehead atoms. The molecule has 0 heterocycles. The first-order valence-corrected chi connectivity index (χ1v) is 6.36. The van der Waals surface area contributed by atoms with E-state index in [1.165, 1.54) is 14.0 Å². The van der Waals surface area contributed by atoms with E-state index in [9.17, 15) is 15.0 Å². The zero-order valence-corrected chi connectivity index (χ0v) is 11.9. The van der Waals surface area contributed by atoms with Gasteiger partial charge in [0, 0.05) is 0 Å². The highest BCUT2D eigenvalue weighted by Gasteiger charge is 2.38. The molecule has 2 atom stereocenters. The first-order chi connectivity index (χ1) is 8.78. The SMILES string of the molecule is COC(=O)C(O)C(C)(O)c1ccc(CC(C)C)cc1. The highest BCUT2D eigenvalue weighted by molar-refractivity contribution is 5.76. The zero-order chi connectivity index (χ0) is 14.6. The summed E-state index contributed by atoms with van der Waals surface area (Å²) in [5.41, 5.74) is -0.0243. The van der Waals surface area contributed by atoms with Crippen LogP contribution < -0.4 is 0 Å². The van der Waals surface area contributed by atoms with Gasteiger partial charge in [0.2, 0.25) is 0 Å². The van der Waals surface area contributed by atoms with E-state index in [4.69, 9.17) is 0 Å². The van der Waals surface area contributed by atoms with Gasteiger partial charge < -0.3 is 14.9 Å². The molecule has 0 saturated carbocycles. The Kier molecular flexibility index (Phi) is 5.09. The second kappa shape index (κ2) is 6.17. The van der Waals surface area contributed by atoms with E-state index < -0.39 is 17.7 Å². The lowest BCUT2D eigenvalue weighted by molar-refractivity contribution is -0.166. The van der Waals surface area contributed by atoms with Crippen molar-refractivity contribution >= 4 is 5.97 Å². The third-order valence-corrected chi connectivity index (χ3v) is 3.14. The van der Waals surface area contributed by atoms with Crippen LogP contribution in [0, 0.1) is 5.92 Å². The number of ether oxygens (including phenoxy) is 1. The van der Waals surface area contributed by atoms with Crippen molar-refractivity contribution in [3.63, 3.8) is 0 Å². The molecule has 4 nitrogen and oxygen atoms in total. The third kappa shape index (κ3) is 3.78. The number of aliphatic hydroxyl groups is 2. The molecule has 19 heavy (non-hydrogen) atoms. The average Bonchev–Trinajstić information content (AvgIpc) is 2.36. The summed E-state index contributed by atoms with van der Waals surface area (Å²) in [6, 6.07) is 7.25. The molecule has 2 unspecified atom stereocenters. The van der Waals surface area contributed by atoms with Gasteiger partial charge in [0.15, 0.2) is 6.10 Å². The monoisotopic (exact) mass is 266 g/mol. The van der Waals surface area contributed by atoms with Crippen molar-refractivity contribution in [3.05, 3.63) is 35.4 Å². The highest BCUT2D eigenvalue weighted by atomic mass is 16.5. The lowest BCUT2D eigenvalue weighted by atomic mass is 9.89. The Morgan fingerprint density at radius 3 is 2.26 bits per heavy atom. The molecule has 0 fully saturated rings. The molecule has 1 aromatic carbocycles. The molecule has 0 aromatic heterocycles. The van der Waals surface area contributed by atoms with Gasteiger partial charge in [-0.1, -0.05) is 38.1 Å². The molecule has 4 heteroatoms. The fourth-order valence-corrected chi connectivity index (χ4v) is 1.95. The summed E-state index contributed by atoms with van der Waals surface area (Å²) in [7, 11) is 1.17. The van der Waals surface area contributed by atoms with Crippen LogP contribution in [0.5, 0.6) is 0 Å². The molecular weight excluding hydrogens is 244 g/mol. The van der Waals surface area contributed by atoms with E-state index in [1.54, 1.807) is 12.1 Å². The van der Waals surface area contributed by atoms with Gasteiger partial charge in [-0.15, -0.1) is 0 Å². The smallest absolute Gasteiger partial charge is 0.338 e. The maximum Gasteiger partial charge on any atom is 0.338 e. The molecule has 2 N–H and O–H groups in total. The fourth-order valence-electron chi connectivity index (χ4n) is 1.95. The van der Waals surface area contributed by atoms with Gasteiger partial charge in [-0.3, -0.25) is 0 Å². The number of hydrogen-bond donors (Lipinski definition) is 2. The Balaban J connectivity index is 2.92. The molecule has 0 radical (unpaired) electrons. The predicted octanol–water partition coefficient (Wildman–Crippen LogP) is 1.63. The summed E-state index contributed by atoms with van der Waals surface area (Å²) < 4.78 is 4.45. The Bertz CT molecular complexity index is 420. The second-order valence-corrected chi connectivity index (χ2v) is 5.37. The minimum Gasteiger partial charge on any atom is -0.467 e. The first kappa shape index (κ1) is 15.7. The number of methoxy groups -OCH3 is 1. The average molecular weight is 266 g/mol. The maximum atomic E-state index is 11.3. The topological polar surface area (TPSA) is 66.8 Å². The van der Waals surface area contributed by atoms with Gasteiger partial charge in [0.25, 0.3) is 0 Å². The van der Waals surface area contributed by atoms with Crippen molar-refractivity contribution in [1.29, 1.82) is 0 Å². The van der Waals surface area contributed by atoms with E-state index in [0.29, 0.717) is 11.5 Å². The number of rotatable bonds is 5. The lowest BCUT2D eigenvalue weighted by Gasteiger charge is -2.27. The van der Waals surface area contributed by atoms with Gasteiger partial charge in [-0.2, -0.15) is 0 Å². The molecule has 0 aliphatic carbocycles. The molecule has 0 aliphatic heterocycles. The number of hydrogen-bond acceptors (Lipinski definition) is 4. The van der Waals surface area contributed by atoms with Gasteiger partial charge in [0.1, 0.15) is 5.60 Å². The van der Waals surface area contributed by atoms with Crippen LogP contribution in [0.15, 0.2) is 24.3 Å². The summed E-state index contributed by atoms with van der Waals surface area (Å²) in [6.45, 7) is 5.65. The summed E-state index contributed by atoms with van der Waals surface area (Å²) in [4.78, 5) is 11.3. The van der Waals surface area contributed by atoms with E-state index >= 15 is 0 Å². The van der Waals surface area contributed by atoms with E-state index in [2.05, 4.69) is 18.6 Å². The van der Waals surface area contributed by atoms with Crippen molar-refractivity contribution in [2.24, 2.45) is 5.92 Å². The zero-order valence-electron chi connectivity index (χ0n) is 11.9. The van der Waals surface area contributed by atoms with Gasteiger partial charge >= 0.3 is 5.97 Å². The van der Waals surface area contributed by atoms with Crippen LogP contribution in [0.1, 0.15) is 31.9 Å². The quantitative estimate of drug-likeness (QED) is 0.795. The van der Waals surface area contributed by atoms with Crippen LogP contribution in [0.25, 0.3) is 0 Å². The Hall–Kier alpha value is -1.39. The van der Waals surface area contributed by atoms with Crippen molar-refractivity contribution < 1.29 is 19.7 Å². The van der Waals surface area contributed by atoms with Crippen molar-refractivity contribution in [2.75, 3.05) is 7.11 Å². The molecular formula is C15H22O4. The summed E-state index contributed by atoms with van der Waals surface area (Å²) in [5, 5.41) is 20.1. The fraction of sp³-hybridized carbons (Fsp3) is 0.533.